The molecule has 0 bridgehead atoms. The third-order valence-corrected chi connectivity index (χ3v) is 5.39. The van der Waals surface area contributed by atoms with Crippen molar-refractivity contribution in [2.24, 2.45) is 0 Å². The Bertz CT molecular complexity index is 541. The van der Waals surface area contributed by atoms with Crippen molar-refractivity contribution in [3.63, 3.8) is 0 Å². The second-order valence-corrected chi connectivity index (χ2v) is 8.64. The lowest BCUT2D eigenvalue weighted by atomic mass is 10.1. The normalized spacial score (nSPS) is 11.9. The average molecular weight is 374 g/mol. The molecule has 0 aliphatic heterocycles. The van der Waals surface area contributed by atoms with E-state index < -0.39 is 10.1 Å². The summed E-state index contributed by atoms with van der Waals surface area (Å²) in [4.78, 5) is 0. The van der Waals surface area contributed by atoms with Crippen LogP contribution in [0.5, 0.6) is 0 Å². The van der Waals surface area contributed by atoms with Crippen molar-refractivity contribution in [3.05, 3.63) is 18.7 Å². The number of hydrogen-bond donors (Lipinski definition) is 1. The number of imidazole rings is 1. The van der Waals surface area contributed by atoms with Crippen LogP contribution in [0.25, 0.3) is 0 Å². The van der Waals surface area contributed by atoms with E-state index in [1.54, 1.807) is 0 Å². The van der Waals surface area contributed by atoms with Gasteiger partial charge in [0.2, 0.25) is 6.33 Å². The second-order valence-electron chi connectivity index (χ2n) is 7.06. The topological polar surface area (TPSA) is 63.2 Å². The summed E-state index contributed by atoms with van der Waals surface area (Å²) in [6, 6.07) is 0. The summed E-state index contributed by atoms with van der Waals surface area (Å²) in [7, 11) is -3.82. The highest BCUT2D eigenvalue weighted by Gasteiger charge is 2.06. The fourth-order valence-electron chi connectivity index (χ4n) is 3.06. The Labute approximate surface area is 154 Å². The molecule has 6 heteroatoms. The third-order valence-electron chi connectivity index (χ3n) is 4.58. The number of nitrogens with zero attached hydrogens (tertiary/aromatic N) is 2. The van der Waals surface area contributed by atoms with Gasteiger partial charge in [0.1, 0.15) is 12.4 Å². The Morgan fingerprint density at radius 2 is 1.48 bits per heavy atom. The summed E-state index contributed by atoms with van der Waals surface area (Å²) in [5.41, 5.74) is 0. The zero-order valence-corrected chi connectivity index (χ0v) is 16.7. The first-order valence-electron chi connectivity index (χ1n) is 10.0. The van der Waals surface area contributed by atoms with Gasteiger partial charge in [-0.2, -0.15) is 8.42 Å². The molecule has 25 heavy (non-hydrogen) atoms. The minimum absolute atomic E-state index is 0.146. The van der Waals surface area contributed by atoms with Crippen molar-refractivity contribution in [2.75, 3.05) is 5.75 Å². The van der Waals surface area contributed by atoms with E-state index in [1.165, 1.54) is 64.2 Å². The molecule has 0 amide bonds. The van der Waals surface area contributed by atoms with Crippen LogP contribution in [-0.4, -0.2) is 23.3 Å². The van der Waals surface area contributed by atoms with Crippen LogP contribution in [0.3, 0.4) is 0 Å². The molecular weight excluding hydrogens is 336 g/mol. The SMILES string of the molecule is CCCCCCCCCCCC[n+]1ccn(CCCCS(=O)(=O)O)c1. The fraction of sp³-hybridized carbons (Fsp3) is 0.842. The van der Waals surface area contributed by atoms with Gasteiger partial charge < -0.3 is 0 Å². The van der Waals surface area contributed by atoms with Gasteiger partial charge in [-0.1, -0.05) is 58.3 Å². The summed E-state index contributed by atoms with van der Waals surface area (Å²) >= 11 is 0. The summed E-state index contributed by atoms with van der Waals surface area (Å²) in [6.07, 6.45) is 21.0. The van der Waals surface area contributed by atoms with Gasteiger partial charge in [0.25, 0.3) is 10.1 Å². The number of aromatic nitrogens is 2. The highest BCUT2D eigenvalue weighted by molar-refractivity contribution is 7.85. The predicted molar refractivity (Wildman–Crippen MR) is 102 cm³/mol. The van der Waals surface area contributed by atoms with Gasteiger partial charge >= 0.3 is 0 Å². The van der Waals surface area contributed by atoms with Crippen molar-refractivity contribution < 1.29 is 17.5 Å². The first-order chi connectivity index (χ1) is 12.0. The summed E-state index contributed by atoms with van der Waals surface area (Å²) < 4.78 is 34.3. The molecular formula is C19H37N2O3S+. The van der Waals surface area contributed by atoms with Crippen molar-refractivity contribution >= 4 is 10.1 Å². The smallest absolute Gasteiger partial charge is 0.264 e. The second kappa shape index (κ2) is 13.3. The van der Waals surface area contributed by atoms with Crippen molar-refractivity contribution in [1.82, 2.24) is 4.57 Å². The lowest BCUT2D eigenvalue weighted by Crippen LogP contribution is -2.30. The molecule has 1 N–H and O–H groups in total. The number of hydrogen-bond acceptors (Lipinski definition) is 2. The highest BCUT2D eigenvalue weighted by atomic mass is 32.2. The van der Waals surface area contributed by atoms with Gasteiger partial charge in [0.15, 0.2) is 0 Å². The summed E-state index contributed by atoms with van der Waals surface area (Å²) in [5, 5.41) is 0. The van der Waals surface area contributed by atoms with Gasteiger partial charge in [-0.3, -0.25) is 4.55 Å². The van der Waals surface area contributed by atoms with Crippen LogP contribution in [0.4, 0.5) is 0 Å². The maximum Gasteiger partial charge on any atom is 0.264 e. The standard InChI is InChI=1S/C19H36N2O3S/c1-2-3-4-5-6-7-8-9-10-11-14-20-16-17-21(19-20)15-12-13-18-25(22,23)24/h16-17,19H,2-15,18H2,1H3/p+1. The zero-order chi connectivity index (χ0) is 18.4. The highest BCUT2D eigenvalue weighted by Crippen LogP contribution is 2.10. The maximum absolute atomic E-state index is 10.7. The van der Waals surface area contributed by atoms with Crippen LogP contribution >= 0.6 is 0 Å². The summed E-state index contributed by atoms with van der Waals surface area (Å²) in [5.74, 6) is -0.146. The molecule has 1 aromatic heterocycles. The van der Waals surface area contributed by atoms with Crippen LogP contribution in [0.1, 0.15) is 84.0 Å². The van der Waals surface area contributed by atoms with Crippen LogP contribution < -0.4 is 4.57 Å². The molecule has 1 aromatic rings. The molecule has 0 saturated heterocycles. The molecule has 0 spiro atoms. The first-order valence-corrected chi connectivity index (χ1v) is 11.6. The largest absolute Gasteiger partial charge is 0.286 e. The predicted octanol–water partition coefficient (Wildman–Crippen LogP) is 4.36. The molecule has 0 aliphatic carbocycles. The molecule has 146 valence electrons. The van der Waals surface area contributed by atoms with Gasteiger partial charge in [-0.25, -0.2) is 9.13 Å². The zero-order valence-electron chi connectivity index (χ0n) is 15.9. The average Bonchev–Trinajstić information content (AvgIpc) is 3.00. The van der Waals surface area contributed by atoms with E-state index in [1.807, 2.05) is 6.20 Å². The minimum atomic E-state index is -3.82. The molecule has 5 nitrogen and oxygen atoms in total. The Morgan fingerprint density at radius 3 is 2.08 bits per heavy atom. The Balaban J connectivity index is 1.99. The number of aryl methyl sites for hydroxylation is 2. The molecule has 0 fully saturated rings. The minimum Gasteiger partial charge on any atom is -0.286 e. The van der Waals surface area contributed by atoms with E-state index in [0.29, 0.717) is 6.42 Å². The van der Waals surface area contributed by atoms with Crippen molar-refractivity contribution in [3.8, 4) is 0 Å². The lowest BCUT2D eigenvalue weighted by molar-refractivity contribution is -0.696. The lowest BCUT2D eigenvalue weighted by Gasteiger charge is -2.01. The first kappa shape index (κ1) is 22.2. The Kier molecular flexibility index (Phi) is 11.8. The van der Waals surface area contributed by atoms with E-state index in [0.717, 1.165) is 19.5 Å². The Morgan fingerprint density at radius 1 is 0.880 bits per heavy atom. The molecule has 1 heterocycles. The van der Waals surface area contributed by atoms with Crippen LogP contribution in [0, 0.1) is 0 Å². The van der Waals surface area contributed by atoms with Crippen molar-refractivity contribution in [1.29, 1.82) is 0 Å². The van der Waals surface area contributed by atoms with Crippen LogP contribution in [-0.2, 0) is 23.2 Å². The molecule has 0 atom stereocenters. The van der Waals surface area contributed by atoms with Crippen LogP contribution in [0.2, 0.25) is 0 Å². The number of rotatable bonds is 16. The molecule has 0 radical (unpaired) electrons. The van der Waals surface area contributed by atoms with E-state index in [-0.39, 0.29) is 5.75 Å². The maximum atomic E-state index is 10.7. The molecule has 0 aromatic carbocycles. The number of unbranched alkanes of at least 4 members (excludes halogenated alkanes) is 10. The molecule has 1 rings (SSSR count). The molecule has 0 aliphatic rings. The Hall–Kier alpha value is -0.880. The van der Waals surface area contributed by atoms with Gasteiger partial charge in [0, 0.05) is 0 Å². The quantitative estimate of drug-likeness (QED) is 0.266. The van der Waals surface area contributed by atoms with Gasteiger partial charge in [-0.15, -0.1) is 0 Å². The van der Waals surface area contributed by atoms with E-state index >= 15 is 0 Å². The molecule has 0 unspecified atom stereocenters. The summed E-state index contributed by atoms with van der Waals surface area (Å²) in [6.45, 7) is 4.10. The van der Waals surface area contributed by atoms with E-state index in [4.69, 9.17) is 4.55 Å². The monoisotopic (exact) mass is 373 g/mol. The molecule has 0 saturated carbocycles. The van der Waals surface area contributed by atoms with Gasteiger partial charge in [-0.05, 0) is 25.7 Å². The van der Waals surface area contributed by atoms with Crippen LogP contribution in [0.15, 0.2) is 18.7 Å². The van der Waals surface area contributed by atoms with Crippen molar-refractivity contribution in [2.45, 2.75) is 97.1 Å². The van der Waals surface area contributed by atoms with E-state index in [9.17, 15) is 8.42 Å². The van der Waals surface area contributed by atoms with Gasteiger partial charge in [0.05, 0.1) is 18.8 Å². The third kappa shape index (κ3) is 13.0. The van der Waals surface area contributed by atoms with E-state index in [2.05, 4.69) is 28.6 Å². The fourth-order valence-corrected chi connectivity index (χ4v) is 3.63.